The van der Waals surface area contributed by atoms with Crippen LogP contribution in [0.5, 0.6) is 0 Å². The number of hydrogen-bond donors (Lipinski definition) is 2. The molecule has 1 aliphatic rings. The highest BCUT2D eigenvalue weighted by Crippen LogP contribution is 2.26. The van der Waals surface area contributed by atoms with Crippen molar-refractivity contribution in [2.75, 3.05) is 6.54 Å². The summed E-state index contributed by atoms with van der Waals surface area (Å²) < 4.78 is 0. The Morgan fingerprint density at radius 3 is 2.24 bits per heavy atom. The van der Waals surface area contributed by atoms with Crippen molar-refractivity contribution in [3.05, 3.63) is 0 Å². The quantitative estimate of drug-likeness (QED) is 0.668. The van der Waals surface area contributed by atoms with E-state index in [0.717, 1.165) is 19.4 Å². The van der Waals surface area contributed by atoms with Gasteiger partial charge in [0.05, 0.1) is 0 Å². The van der Waals surface area contributed by atoms with Gasteiger partial charge in [0, 0.05) is 12.5 Å². The summed E-state index contributed by atoms with van der Waals surface area (Å²) in [5.74, 6) is 2.10. The average Bonchev–Trinajstić information content (AvgIpc) is 2.72. The SMILES string of the molecule is CC(C)C(CCN)CCC(=O)N[C@@H](C)C1CCCCCC1. The fourth-order valence-electron chi connectivity index (χ4n) is 3.60. The third kappa shape index (κ3) is 7.30. The zero-order chi connectivity index (χ0) is 15.7. The maximum atomic E-state index is 12.2. The van der Waals surface area contributed by atoms with Gasteiger partial charge in [-0.15, -0.1) is 0 Å². The first-order valence-corrected chi connectivity index (χ1v) is 9.04. The molecule has 0 aliphatic heterocycles. The lowest BCUT2D eigenvalue weighted by Crippen LogP contribution is -2.38. The summed E-state index contributed by atoms with van der Waals surface area (Å²) in [6, 6.07) is 0.336. The lowest BCUT2D eigenvalue weighted by atomic mass is 9.88. The molecule has 0 spiro atoms. The van der Waals surface area contributed by atoms with E-state index in [0.29, 0.717) is 30.2 Å². The van der Waals surface area contributed by atoms with Gasteiger partial charge in [-0.1, -0.05) is 39.5 Å². The molecule has 124 valence electrons. The first kappa shape index (κ1) is 18.5. The molecule has 0 saturated heterocycles. The van der Waals surface area contributed by atoms with Crippen molar-refractivity contribution in [3.63, 3.8) is 0 Å². The molecular weight excluding hydrogens is 260 g/mol. The Labute approximate surface area is 131 Å². The Hall–Kier alpha value is -0.570. The van der Waals surface area contributed by atoms with Gasteiger partial charge in [-0.3, -0.25) is 4.79 Å². The molecule has 3 nitrogen and oxygen atoms in total. The fraction of sp³-hybridized carbons (Fsp3) is 0.944. The number of carbonyl (C=O) groups excluding carboxylic acids is 1. The monoisotopic (exact) mass is 296 g/mol. The van der Waals surface area contributed by atoms with Gasteiger partial charge >= 0.3 is 0 Å². The molecule has 0 aromatic heterocycles. The molecule has 1 rings (SSSR count). The molecule has 3 heteroatoms. The second-order valence-corrected chi connectivity index (χ2v) is 7.23. The van der Waals surface area contributed by atoms with Gasteiger partial charge in [0.2, 0.25) is 5.91 Å². The van der Waals surface area contributed by atoms with E-state index in [1.54, 1.807) is 0 Å². The maximum absolute atomic E-state index is 12.2. The predicted octanol–water partition coefficient (Wildman–Crippen LogP) is 3.86. The Balaban J connectivity index is 2.31. The van der Waals surface area contributed by atoms with Crippen molar-refractivity contribution in [1.29, 1.82) is 0 Å². The summed E-state index contributed by atoms with van der Waals surface area (Å²) in [4.78, 5) is 12.2. The van der Waals surface area contributed by atoms with Gasteiger partial charge in [-0.05, 0) is 56.9 Å². The normalized spacial score (nSPS) is 20.0. The number of nitrogens with one attached hydrogen (secondary N) is 1. The Morgan fingerprint density at radius 2 is 1.71 bits per heavy atom. The number of amides is 1. The highest BCUT2D eigenvalue weighted by molar-refractivity contribution is 5.76. The van der Waals surface area contributed by atoms with E-state index in [1.807, 2.05) is 0 Å². The van der Waals surface area contributed by atoms with Gasteiger partial charge in [0.25, 0.3) is 0 Å². The molecule has 2 atom stereocenters. The van der Waals surface area contributed by atoms with Crippen LogP contribution < -0.4 is 11.1 Å². The van der Waals surface area contributed by atoms with E-state index in [1.165, 1.54) is 38.5 Å². The van der Waals surface area contributed by atoms with E-state index in [9.17, 15) is 4.79 Å². The fourth-order valence-corrected chi connectivity index (χ4v) is 3.60. The molecule has 0 aromatic rings. The Bertz CT molecular complexity index is 283. The zero-order valence-corrected chi connectivity index (χ0v) is 14.4. The topological polar surface area (TPSA) is 55.1 Å². The van der Waals surface area contributed by atoms with E-state index in [2.05, 4.69) is 26.1 Å². The van der Waals surface area contributed by atoms with Crippen LogP contribution in [0.3, 0.4) is 0 Å². The summed E-state index contributed by atoms with van der Waals surface area (Å²) in [7, 11) is 0. The molecule has 1 saturated carbocycles. The van der Waals surface area contributed by atoms with Crippen molar-refractivity contribution in [2.45, 2.75) is 84.6 Å². The smallest absolute Gasteiger partial charge is 0.220 e. The summed E-state index contributed by atoms with van der Waals surface area (Å²) in [5, 5.41) is 3.24. The lowest BCUT2D eigenvalue weighted by Gasteiger charge is -2.24. The molecule has 21 heavy (non-hydrogen) atoms. The van der Waals surface area contributed by atoms with Crippen LogP contribution in [0, 0.1) is 17.8 Å². The standard InChI is InChI=1S/C18H36N2O/c1-14(2)16(12-13-19)10-11-18(21)20-15(3)17-8-6-4-5-7-9-17/h14-17H,4-13,19H2,1-3H3,(H,20,21)/t15-,16?/m0/s1. The summed E-state index contributed by atoms with van der Waals surface area (Å²) in [5.41, 5.74) is 5.67. The molecule has 1 amide bonds. The molecule has 1 unspecified atom stereocenters. The van der Waals surface area contributed by atoms with Gasteiger partial charge in [0.1, 0.15) is 0 Å². The maximum Gasteiger partial charge on any atom is 0.220 e. The number of hydrogen-bond acceptors (Lipinski definition) is 2. The Kier molecular flexibility index (Phi) is 8.98. The molecule has 0 bridgehead atoms. The lowest BCUT2D eigenvalue weighted by molar-refractivity contribution is -0.122. The minimum absolute atomic E-state index is 0.231. The van der Waals surface area contributed by atoms with Gasteiger partial charge in [-0.25, -0.2) is 0 Å². The number of nitrogens with two attached hydrogens (primary N) is 1. The molecule has 1 fully saturated rings. The molecule has 0 aromatic carbocycles. The average molecular weight is 296 g/mol. The minimum atomic E-state index is 0.231. The first-order chi connectivity index (χ1) is 10.0. The van der Waals surface area contributed by atoms with Crippen LogP contribution in [0.4, 0.5) is 0 Å². The van der Waals surface area contributed by atoms with Gasteiger partial charge < -0.3 is 11.1 Å². The van der Waals surface area contributed by atoms with Gasteiger partial charge in [0.15, 0.2) is 0 Å². The number of carbonyl (C=O) groups is 1. The first-order valence-electron chi connectivity index (χ1n) is 9.04. The molecule has 0 radical (unpaired) electrons. The van der Waals surface area contributed by atoms with Crippen molar-refractivity contribution >= 4 is 5.91 Å². The van der Waals surface area contributed by atoms with Crippen molar-refractivity contribution < 1.29 is 4.79 Å². The molecule has 3 N–H and O–H groups in total. The molecule has 1 aliphatic carbocycles. The van der Waals surface area contributed by atoms with Gasteiger partial charge in [-0.2, -0.15) is 0 Å². The van der Waals surface area contributed by atoms with E-state index >= 15 is 0 Å². The third-order valence-corrected chi connectivity index (χ3v) is 5.22. The van der Waals surface area contributed by atoms with E-state index in [-0.39, 0.29) is 5.91 Å². The van der Waals surface area contributed by atoms with Crippen LogP contribution in [0.2, 0.25) is 0 Å². The second kappa shape index (κ2) is 10.2. The summed E-state index contributed by atoms with van der Waals surface area (Å²) >= 11 is 0. The predicted molar refractivity (Wildman–Crippen MR) is 90.0 cm³/mol. The van der Waals surface area contributed by atoms with Crippen LogP contribution in [0.25, 0.3) is 0 Å². The van der Waals surface area contributed by atoms with Crippen LogP contribution in [-0.4, -0.2) is 18.5 Å². The highest BCUT2D eigenvalue weighted by Gasteiger charge is 2.21. The van der Waals surface area contributed by atoms with Crippen molar-refractivity contribution in [2.24, 2.45) is 23.5 Å². The van der Waals surface area contributed by atoms with Crippen molar-refractivity contribution in [1.82, 2.24) is 5.32 Å². The van der Waals surface area contributed by atoms with E-state index < -0.39 is 0 Å². The summed E-state index contributed by atoms with van der Waals surface area (Å²) in [6.45, 7) is 7.37. The van der Waals surface area contributed by atoms with Crippen LogP contribution in [-0.2, 0) is 4.79 Å². The third-order valence-electron chi connectivity index (χ3n) is 5.22. The highest BCUT2D eigenvalue weighted by atomic mass is 16.1. The largest absolute Gasteiger partial charge is 0.353 e. The minimum Gasteiger partial charge on any atom is -0.353 e. The zero-order valence-electron chi connectivity index (χ0n) is 14.4. The molecule has 0 heterocycles. The van der Waals surface area contributed by atoms with Crippen LogP contribution in [0.15, 0.2) is 0 Å². The molecular formula is C18H36N2O. The van der Waals surface area contributed by atoms with E-state index in [4.69, 9.17) is 5.73 Å². The van der Waals surface area contributed by atoms with Crippen LogP contribution in [0.1, 0.15) is 78.6 Å². The Morgan fingerprint density at radius 1 is 1.10 bits per heavy atom. The van der Waals surface area contributed by atoms with Crippen LogP contribution >= 0.6 is 0 Å². The number of rotatable bonds is 8. The second-order valence-electron chi connectivity index (χ2n) is 7.23. The summed E-state index contributed by atoms with van der Waals surface area (Å²) in [6.07, 6.45) is 10.6. The van der Waals surface area contributed by atoms with Crippen molar-refractivity contribution in [3.8, 4) is 0 Å².